The first-order valence-corrected chi connectivity index (χ1v) is 5.55. The van der Waals surface area contributed by atoms with Gasteiger partial charge in [0.25, 0.3) is 10.1 Å². The topological polar surface area (TPSA) is 94.9 Å². The molecule has 1 saturated heterocycles. The predicted molar refractivity (Wildman–Crippen MR) is 48.4 cm³/mol. The smallest absolute Gasteiger partial charge is 0.294 e. The third kappa shape index (κ3) is 3.55. The summed E-state index contributed by atoms with van der Waals surface area (Å²) >= 11 is 0. The molecule has 0 aromatic heterocycles. The molecule has 2 atom stereocenters. The van der Waals surface area contributed by atoms with Crippen LogP contribution in [-0.4, -0.2) is 54.7 Å². The number of carbonyl (C=O) groups excluding carboxylic acids is 1. The van der Waals surface area contributed by atoms with Gasteiger partial charge in [-0.3, -0.25) is 9.35 Å². The first-order valence-electron chi connectivity index (χ1n) is 4.04. The van der Waals surface area contributed by atoms with Crippen LogP contribution in [0.1, 0.15) is 12.8 Å². The molecule has 1 unspecified atom stereocenters. The summed E-state index contributed by atoms with van der Waals surface area (Å²) in [5.74, 6) is -0.796. The fourth-order valence-corrected chi connectivity index (χ4v) is 2.24. The Labute approximate surface area is 103 Å². The van der Waals surface area contributed by atoms with Crippen LogP contribution in [0.25, 0.3) is 0 Å². The molecule has 1 heterocycles. The van der Waals surface area contributed by atoms with Gasteiger partial charge in [0.2, 0.25) is 13.3 Å². The molecule has 84 valence electrons. The molecule has 1 aliphatic heterocycles. The molecule has 6 nitrogen and oxygen atoms in total. The van der Waals surface area contributed by atoms with Crippen molar-refractivity contribution in [2.75, 3.05) is 6.54 Å². The Bertz CT molecular complexity index is 334. The van der Waals surface area contributed by atoms with E-state index in [1.807, 2.05) is 0 Å². The van der Waals surface area contributed by atoms with E-state index in [0.29, 0.717) is 19.4 Å². The average Bonchev–Trinajstić information content (AvgIpc) is 2.48. The Morgan fingerprint density at radius 1 is 1.53 bits per heavy atom. The Morgan fingerprint density at radius 2 is 2.07 bits per heavy atom. The minimum atomic E-state index is -4.55. The minimum Gasteiger partial charge on any atom is -0.373 e. The van der Waals surface area contributed by atoms with Crippen molar-refractivity contribution in [1.29, 1.82) is 0 Å². The summed E-state index contributed by atoms with van der Waals surface area (Å²) in [5, 5.41) is 9.22. The summed E-state index contributed by atoms with van der Waals surface area (Å²) < 4.78 is 29.8. The van der Waals surface area contributed by atoms with Crippen LogP contribution < -0.4 is 0 Å². The Balaban J connectivity index is 0.00000196. The standard InChI is InChI=1S/C6H10BNO5S.W/c7-6(10)8-3-1-2-4(8)5(9)14(11,12)13;/h4-5,9H,1-3H2,(H,11,12,13);/t4-,5?;/m0./s1. The van der Waals surface area contributed by atoms with Crippen molar-refractivity contribution in [3.8, 4) is 0 Å². The second-order valence-corrected chi connectivity index (χ2v) is 4.66. The van der Waals surface area contributed by atoms with Crippen LogP contribution in [0.15, 0.2) is 0 Å². The molecule has 9 heteroatoms. The van der Waals surface area contributed by atoms with Gasteiger partial charge in [0, 0.05) is 27.6 Å². The van der Waals surface area contributed by atoms with E-state index >= 15 is 0 Å². The molecular weight excluding hydrogens is 393 g/mol. The van der Waals surface area contributed by atoms with E-state index in [4.69, 9.17) is 12.4 Å². The summed E-state index contributed by atoms with van der Waals surface area (Å²) in [7, 11) is 0.422. The van der Waals surface area contributed by atoms with Crippen molar-refractivity contribution in [2.45, 2.75) is 24.3 Å². The summed E-state index contributed by atoms with van der Waals surface area (Å²) in [6, 6.07) is -0.942. The number of carbonyl (C=O) groups is 1. The Hall–Kier alpha value is 0.0932. The van der Waals surface area contributed by atoms with Gasteiger partial charge in [-0.25, -0.2) is 0 Å². The van der Waals surface area contributed by atoms with Crippen molar-refractivity contribution in [2.24, 2.45) is 0 Å². The van der Waals surface area contributed by atoms with E-state index in [0.717, 1.165) is 4.90 Å². The molecule has 1 rings (SSSR count). The van der Waals surface area contributed by atoms with Crippen LogP contribution in [0.4, 0.5) is 4.79 Å². The quantitative estimate of drug-likeness (QED) is 0.453. The van der Waals surface area contributed by atoms with Gasteiger partial charge in [-0.05, 0) is 12.8 Å². The van der Waals surface area contributed by atoms with Crippen molar-refractivity contribution in [1.82, 2.24) is 4.90 Å². The Kier molecular flexibility index (Phi) is 5.46. The zero-order valence-corrected chi connectivity index (χ0v) is 11.5. The maximum absolute atomic E-state index is 10.8. The first-order chi connectivity index (χ1) is 6.34. The van der Waals surface area contributed by atoms with Crippen molar-refractivity contribution < 1.29 is 43.9 Å². The van der Waals surface area contributed by atoms with Crippen LogP contribution in [0.2, 0.25) is 0 Å². The number of aliphatic hydroxyl groups is 1. The summed E-state index contributed by atoms with van der Waals surface area (Å²) in [5.41, 5.74) is -1.97. The number of rotatable bonds is 2. The number of aliphatic hydroxyl groups excluding tert-OH is 1. The fourth-order valence-electron chi connectivity index (χ4n) is 1.56. The summed E-state index contributed by atoms with van der Waals surface area (Å²) in [4.78, 5) is 11.8. The van der Waals surface area contributed by atoms with Gasteiger partial charge in [-0.1, -0.05) is 0 Å². The van der Waals surface area contributed by atoms with Gasteiger partial charge < -0.3 is 10.0 Å². The molecule has 1 fully saturated rings. The second-order valence-electron chi connectivity index (χ2n) is 3.15. The predicted octanol–water partition coefficient (Wildman–Crippen LogP) is -1.06. The van der Waals surface area contributed by atoms with Gasteiger partial charge >= 0.3 is 0 Å². The molecule has 0 bridgehead atoms. The van der Waals surface area contributed by atoms with Crippen molar-refractivity contribution >= 4 is 23.8 Å². The number of hydrogen-bond donors (Lipinski definition) is 2. The molecule has 0 aromatic rings. The van der Waals surface area contributed by atoms with Gasteiger partial charge in [0.05, 0.1) is 6.04 Å². The molecule has 15 heavy (non-hydrogen) atoms. The maximum Gasteiger partial charge on any atom is 0.294 e. The average molecular weight is 403 g/mol. The fraction of sp³-hybridized carbons (Fsp3) is 0.833. The minimum absolute atomic E-state index is 0. The van der Waals surface area contributed by atoms with Crippen LogP contribution in [-0.2, 0) is 31.2 Å². The van der Waals surface area contributed by atoms with Crippen LogP contribution in [0.5, 0.6) is 0 Å². The van der Waals surface area contributed by atoms with E-state index in [2.05, 4.69) is 0 Å². The van der Waals surface area contributed by atoms with Crippen molar-refractivity contribution in [3.05, 3.63) is 0 Å². The summed E-state index contributed by atoms with van der Waals surface area (Å²) in [6.45, 7) is 0.298. The van der Waals surface area contributed by atoms with Crippen LogP contribution >= 0.6 is 0 Å². The molecule has 0 aromatic carbocycles. The van der Waals surface area contributed by atoms with E-state index in [1.54, 1.807) is 0 Å². The number of hydrogen-bond acceptors (Lipinski definition) is 4. The third-order valence-electron chi connectivity index (χ3n) is 2.22. The molecule has 2 radical (unpaired) electrons. The number of amides is 1. The maximum atomic E-state index is 10.8. The normalized spacial score (nSPS) is 23.3. The van der Waals surface area contributed by atoms with E-state index < -0.39 is 27.4 Å². The Morgan fingerprint density at radius 3 is 2.47 bits per heavy atom. The van der Waals surface area contributed by atoms with Gasteiger partial charge in [-0.15, -0.1) is 0 Å². The monoisotopic (exact) mass is 403 g/mol. The van der Waals surface area contributed by atoms with Crippen LogP contribution in [0, 0.1) is 0 Å². The molecule has 1 amide bonds. The second kappa shape index (κ2) is 5.43. The number of likely N-dealkylation sites (tertiary alicyclic amines) is 1. The molecular formula is C6H10BNO5SW. The van der Waals surface area contributed by atoms with Gasteiger partial charge in [0.1, 0.15) is 0 Å². The summed E-state index contributed by atoms with van der Waals surface area (Å²) in [6.07, 6.45) is 0.865. The van der Waals surface area contributed by atoms with Crippen LogP contribution in [0.3, 0.4) is 0 Å². The first kappa shape index (κ1) is 15.1. The molecule has 2 N–H and O–H groups in total. The van der Waals surface area contributed by atoms with Crippen molar-refractivity contribution in [3.63, 3.8) is 0 Å². The van der Waals surface area contributed by atoms with E-state index in [1.165, 1.54) is 0 Å². The zero-order valence-electron chi connectivity index (χ0n) is 7.74. The third-order valence-corrected chi connectivity index (χ3v) is 3.14. The molecule has 0 saturated carbocycles. The van der Waals surface area contributed by atoms with E-state index in [9.17, 15) is 18.3 Å². The molecule has 0 spiro atoms. The van der Waals surface area contributed by atoms with Gasteiger partial charge in [0.15, 0.2) is 5.81 Å². The molecule has 0 aliphatic carbocycles. The number of nitrogens with zero attached hydrogens (tertiary/aromatic N) is 1. The largest absolute Gasteiger partial charge is 0.373 e. The van der Waals surface area contributed by atoms with Gasteiger partial charge in [-0.2, -0.15) is 8.42 Å². The van der Waals surface area contributed by atoms with E-state index in [-0.39, 0.29) is 21.1 Å². The molecule has 1 aliphatic rings. The zero-order chi connectivity index (χ0) is 10.9. The SMILES string of the molecule is [B]C(=O)N1CCC[C@H]1C(O)S(=O)(=O)O.[W].